The Morgan fingerprint density at radius 2 is 1.90 bits per heavy atom. The lowest BCUT2D eigenvalue weighted by atomic mass is 9.96. The molecule has 1 aromatic rings. The highest BCUT2D eigenvalue weighted by atomic mass is 16.5. The van der Waals surface area contributed by atoms with Gasteiger partial charge in [-0.1, -0.05) is 24.1 Å². The summed E-state index contributed by atoms with van der Waals surface area (Å²) in [5, 5.41) is 0. The SMILES string of the molecule is COc1ccccc1OCC(=O)NNC=C1CCCCC1. The number of amides is 1. The summed E-state index contributed by atoms with van der Waals surface area (Å²) in [7, 11) is 1.57. The van der Waals surface area contributed by atoms with Crippen molar-refractivity contribution in [3.8, 4) is 11.5 Å². The Bertz CT molecular complexity index is 492. The Hall–Kier alpha value is -2.17. The van der Waals surface area contributed by atoms with Crippen LogP contribution >= 0.6 is 0 Å². The van der Waals surface area contributed by atoms with Crippen LogP contribution in [0.5, 0.6) is 11.5 Å². The Morgan fingerprint density at radius 3 is 2.62 bits per heavy atom. The summed E-state index contributed by atoms with van der Waals surface area (Å²) in [6.07, 6.45) is 7.88. The van der Waals surface area contributed by atoms with E-state index in [1.165, 1.54) is 24.8 Å². The van der Waals surface area contributed by atoms with Crippen LogP contribution in [0.2, 0.25) is 0 Å². The number of carbonyl (C=O) groups is 1. The fourth-order valence-corrected chi connectivity index (χ4v) is 2.29. The van der Waals surface area contributed by atoms with E-state index in [1.54, 1.807) is 19.2 Å². The Balaban J connectivity index is 1.72. The number of hydrogen-bond donors (Lipinski definition) is 2. The van der Waals surface area contributed by atoms with Crippen molar-refractivity contribution in [1.29, 1.82) is 0 Å². The quantitative estimate of drug-likeness (QED) is 0.790. The van der Waals surface area contributed by atoms with Gasteiger partial charge in [-0.05, 0) is 37.8 Å². The molecule has 21 heavy (non-hydrogen) atoms. The first-order valence-electron chi connectivity index (χ1n) is 7.27. The van der Waals surface area contributed by atoms with Gasteiger partial charge in [-0.2, -0.15) is 0 Å². The third-order valence-corrected chi connectivity index (χ3v) is 3.41. The summed E-state index contributed by atoms with van der Waals surface area (Å²) < 4.78 is 10.6. The molecule has 0 heterocycles. The van der Waals surface area contributed by atoms with E-state index in [1.807, 2.05) is 18.3 Å². The molecule has 2 rings (SSSR count). The monoisotopic (exact) mass is 290 g/mol. The fraction of sp³-hybridized carbons (Fsp3) is 0.438. The summed E-state index contributed by atoms with van der Waals surface area (Å²) in [5.74, 6) is 0.942. The minimum atomic E-state index is -0.228. The minimum absolute atomic E-state index is 0.0590. The van der Waals surface area contributed by atoms with Gasteiger partial charge in [0.15, 0.2) is 18.1 Å². The lowest BCUT2D eigenvalue weighted by Gasteiger charge is -2.14. The molecule has 1 saturated carbocycles. The zero-order valence-corrected chi connectivity index (χ0v) is 12.4. The number of hydrogen-bond acceptors (Lipinski definition) is 4. The van der Waals surface area contributed by atoms with Crippen LogP contribution in [0.4, 0.5) is 0 Å². The number of allylic oxidation sites excluding steroid dienone is 1. The van der Waals surface area contributed by atoms with Crippen molar-refractivity contribution in [3.05, 3.63) is 36.0 Å². The highest BCUT2D eigenvalue weighted by molar-refractivity contribution is 5.77. The van der Waals surface area contributed by atoms with E-state index in [9.17, 15) is 4.79 Å². The van der Waals surface area contributed by atoms with Crippen molar-refractivity contribution < 1.29 is 14.3 Å². The molecule has 2 N–H and O–H groups in total. The summed E-state index contributed by atoms with van der Waals surface area (Å²) in [4.78, 5) is 11.7. The first-order valence-corrected chi connectivity index (χ1v) is 7.27. The Labute approximate surface area is 125 Å². The van der Waals surface area contributed by atoms with Crippen molar-refractivity contribution in [2.75, 3.05) is 13.7 Å². The van der Waals surface area contributed by atoms with E-state index in [-0.39, 0.29) is 12.5 Å². The average molecular weight is 290 g/mol. The lowest BCUT2D eigenvalue weighted by molar-refractivity contribution is -0.123. The molecule has 1 fully saturated rings. The van der Waals surface area contributed by atoms with Crippen LogP contribution in [0.15, 0.2) is 36.0 Å². The number of hydrazine groups is 1. The van der Waals surface area contributed by atoms with Gasteiger partial charge in [0.25, 0.3) is 5.91 Å². The van der Waals surface area contributed by atoms with Crippen molar-refractivity contribution in [2.24, 2.45) is 0 Å². The van der Waals surface area contributed by atoms with Crippen LogP contribution in [0.25, 0.3) is 0 Å². The van der Waals surface area contributed by atoms with Gasteiger partial charge in [-0.15, -0.1) is 0 Å². The highest BCUT2D eigenvalue weighted by Gasteiger charge is 2.07. The zero-order valence-electron chi connectivity index (χ0n) is 12.4. The van der Waals surface area contributed by atoms with Crippen LogP contribution in [0, 0.1) is 0 Å². The first-order chi connectivity index (χ1) is 10.3. The maximum atomic E-state index is 11.7. The summed E-state index contributed by atoms with van der Waals surface area (Å²) in [6.45, 7) is -0.0590. The molecule has 5 heteroatoms. The molecule has 0 saturated heterocycles. The standard InChI is InChI=1S/C16H22N2O3/c1-20-14-9-5-6-10-15(14)21-12-16(19)18-17-11-13-7-3-2-4-8-13/h5-6,9-11,17H,2-4,7-8,12H2,1H3,(H,18,19). The van der Waals surface area contributed by atoms with Crippen molar-refractivity contribution >= 4 is 5.91 Å². The third-order valence-electron chi connectivity index (χ3n) is 3.41. The van der Waals surface area contributed by atoms with Gasteiger partial charge in [0, 0.05) is 6.20 Å². The van der Waals surface area contributed by atoms with Crippen molar-refractivity contribution in [3.63, 3.8) is 0 Å². The van der Waals surface area contributed by atoms with Gasteiger partial charge in [0.2, 0.25) is 0 Å². The molecule has 0 bridgehead atoms. The smallest absolute Gasteiger partial charge is 0.276 e. The second kappa shape index (κ2) is 8.19. The third kappa shape index (κ3) is 5.02. The van der Waals surface area contributed by atoms with E-state index < -0.39 is 0 Å². The van der Waals surface area contributed by atoms with Crippen LogP contribution in [0.1, 0.15) is 32.1 Å². The Morgan fingerprint density at radius 1 is 1.19 bits per heavy atom. The van der Waals surface area contributed by atoms with E-state index in [4.69, 9.17) is 9.47 Å². The lowest BCUT2D eigenvalue weighted by Crippen LogP contribution is -2.37. The summed E-state index contributed by atoms with van der Waals surface area (Å²) in [6, 6.07) is 7.24. The second-order valence-corrected chi connectivity index (χ2v) is 5.00. The molecule has 1 aliphatic carbocycles. The molecule has 0 atom stereocenters. The Kier molecular flexibility index (Phi) is 5.94. The van der Waals surface area contributed by atoms with Gasteiger partial charge < -0.3 is 14.9 Å². The maximum absolute atomic E-state index is 11.7. The predicted octanol–water partition coefficient (Wildman–Crippen LogP) is 2.54. The molecule has 1 aliphatic rings. The summed E-state index contributed by atoms with van der Waals surface area (Å²) in [5.41, 5.74) is 6.81. The number of nitrogens with one attached hydrogen (secondary N) is 2. The number of para-hydroxylation sites is 2. The maximum Gasteiger partial charge on any atom is 0.276 e. The van der Waals surface area contributed by atoms with Gasteiger partial charge in [0.1, 0.15) is 0 Å². The zero-order chi connectivity index (χ0) is 14.9. The normalized spacial score (nSPS) is 14.2. The highest BCUT2D eigenvalue weighted by Crippen LogP contribution is 2.25. The van der Waals surface area contributed by atoms with Crippen LogP contribution in [0.3, 0.4) is 0 Å². The summed E-state index contributed by atoms with van der Waals surface area (Å²) >= 11 is 0. The number of ether oxygens (including phenoxy) is 2. The average Bonchev–Trinajstić information content (AvgIpc) is 2.54. The molecule has 0 aromatic heterocycles. The van der Waals surface area contributed by atoms with Gasteiger partial charge in [-0.25, -0.2) is 0 Å². The van der Waals surface area contributed by atoms with E-state index in [2.05, 4.69) is 10.9 Å². The van der Waals surface area contributed by atoms with Crippen LogP contribution in [-0.4, -0.2) is 19.6 Å². The molecular formula is C16H22N2O3. The fourth-order valence-electron chi connectivity index (χ4n) is 2.29. The van der Waals surface area contributed by atoms with Crippen LogP contribution < -0.4 is 20.3 Å². The van der Waals surface area contributed by atoms with Crippen molar-refractivity contribution in [1.82, 2.24) is 10.9 Å². The molecule has 0 radical (unpaired) electrons. The molecule has 0 unspecified atom stereocenters. The molecule has 5 nitrogen and oxygen atoms in total. The topological polar surface area (TPSA) is 59.6 Å². The second-order valence-electron chi connectivity index (χ2n) is 5.00. The van der Waals surface area contributed by atoms with Crippen LogP contribution in [-0.2, 0) is 4.79 Å². The van der Waals surface area contributed by atoms with Crippen molar-refractivity contribution in [2.45, 2.75) is 32.1 Å². The number of carbonyl (C=O) groups excluding carboxylic acids is 1. The molecule has 0 spiro atoms. The first kappa shape index (κ1) is 15.2. The molecule has 114 valence electrons. The number of benzene rings is 1. The molecule has 0 aliphatic heterocycles. The van der Waals surface area contributed by atoms with Gasteiger partial charge in [0.05, 0.1) is 7.11 Å². The minimum Gasteiger partial charge on any atom is -0.493 e. The van der Waals surface area contributed by atoms with E-state index in [0.29, 0.717) is 11.5 Å². The molecular weight excluding hydrogens is 268 g/mol. The largest absolute Gasteiger partial charge is 0.493 e. The van der Waals surface area contributed by atoms with Gasteiger partial charge >= 0.3 is 0 Å². The van der Waals surface area contributed by atoms with E-state index >= 15 is 0 Å². The van der Waals surface area contributed by atoms with Gasteiger partial charge in [-0.3, -0.25) is 10.2 Å². The number of rotatable bonds is 6. The molecule has 1 amide bonds. The predicted molar refractivity (Wildman–Crippen MR) is 80.9 cm³/mol. The number of methoxy groups -OCH3 is 1. The van der Waals surface area contributed by atoms with E-state index in [0.717, 1.165) is 12.8 Å². The molecule has 1 aromatic carbocycles.